The summed E-state index contributed by atoms with van der Waals surface area (Å²) in [6.07, 6.45) is 0. The summed E-state index contributed by atoms with van der Waals surface area (Å²) in [6, 6.07) is 8.68. The number of hydrogen-bond acceptors (Lipinski definition) is 4. The van der Waals surface area contributed by atoms with Gasteiger partial charge in [0.15, 0.2) is 0 Å². The second-order valence-electron chi connectivity index (χ2n) is 4.46. The molecule has 22 heavy (non-hydrogen) atoms. The van der Waals surface area contributed by atoms with E-state index >= 15 is 0 Å². The Morgan fingerprint density at radius 2 is 1.77 bits per heavy atom. The fourth-order valence-corrected chi connectivity index (χ4v) is 1.84. The van der Waals surface area contributed by atoms with Gasteiger partial charge in [0.05, 0.1) is 11.1 Å². The van der Waals surface area contributed by atoms with Crippen LogP contribution in [-0.4, -0.2) is 34.1 Å². The lowest BCUT2D eigenvalue weighted by molar-refractivity contribution is 0.0696. The predicted molar refractivity (Wildman–Crippen MR) is 77.6 cm³/mol. The largest absolute Gasteiger partial charge is 0.488 e. The number of rotatable bonds is 4. The molecule has 8 heteroatoms. The predicted octanol–water partition coefficient (Wildman–Crippen LogP) is 0.456. The maximum absolute atomic E-state index is 13.5. The number of anilines is 1. The van der Waals surface area contributed by atoms with E-state index in [1.165, 1.54) is 24.3 Å². The van der Waals surface area contributed by atoms with Gasteiger partial charge in [-0.25, -0.2) is 9.18 Å². The van der Waals surface area contributed by atoms with Crippen molar-refractivity contribution in [2.45, 2.75) is 0 Å². The van der Waals surface area contributed by atoms with Gasteiger partial charge < -0.3 is 20.5 Å². The summed E-state index contributed by atoms with van der Waals surface area (Å²) < 4.78 is 13.5. The second-order valence-corrected chi connectivity index (χ2v) is 4.46. The van der Waals surface area contributed by atoms with Gasteiger partial charge in [-0.1, -0.05) is 12.1 Å². The lowest BCUT2D eigenvalue weighted by Gasteiger charge is -2.09. The molecule has 0 saturated carbocycles. The van der Waals surface area contributed by atoms with Crippen molar-refractivity contribution < 1.29 is 29.1 Å². The van der Waals surface area contributed by atoms with E-state index in [-0.39, 0.29) is 22.3 Å². The van der Waals surface area contributed by atoms with E-state index in [4.69, 9.17) is 15.2 Å². The van der Waals surface area contributed by atoms with E-state index in [1.54, 1.807) is 0 Å². The van der Waals surface area contributed by atoms with Crippen LogP contribution < -0.4 is 10.8 Å². The third-order valence-electron chi connectivity index (χ3n) is 2.88. The number of aromatic carboxylic acids is 1. The van der Waals surface area contributed by atoms with Crippen LogP contribution in [0.2, 0.25) is 0 Å². The van der Waals surface area contributed by atoms with Crippen molar-refractivity contribution in [2.24, 2.45) is 0 Å². The minimum absolute atomic E-state index is 0.0104. The normalized spacial score (nSPS) is 10.1. The van der Waals surface area contributed by atoms with Crippen LogP contribution in [0.4, 0.5) is 10.1 Å². The number of hydrogen-bond donors (Lipinski definition) is 4. The SMILES string of the molecule is O=C(O)c1cc(NC(=O)c2ccccc2F)cc(B(O)O)c1. The van der Waals surface area contributed by atoms with Gasteiger partial charge in [-0.15, -0.1) is 0 Å². The summed E-state index contributed by atoms with van der Waals surface area (Å²) in [6.45, 7) is 0. The zero-order valence-electron chi connectivity index (χ0n) is 11.2. The lowest BCUT2D eigenvalue weighted by atomic mass is 9.79. The van der Waals surface area contributed by atoms with E-state index in [0.29, 0.717) is 0 Å². The molecule has 0 aliphatic heterocycles. The lowest BCUT2D eigenvalue weighted by Crippen LogP contribution is -2.31. The first kappa shape index (κ1) is 15.7. The van der Waals surface area contributed by atoms with Gasteiger partial charge in [0.2, 0.25) is 0 Å². The molecule has 4 N–H and O–H groups in total. The molecule has 0 aliphatic rings. The number of carbonyl (C=O) groups excluding carboxylic acids is 1. The van der Waals surface area contributed by atoms with Crippen LogP contribution in [0.25, 0.3) is 0 Å². The minimum Gasteiger partial charge on any atom is -0.478 e. The van der Waals surface area contributed by atoms with E-state index in [0.717, 1.165) is 18.2 Å². The highest BCUT2D eigenvalue weighted by Gasteiger charge is 2.17. The number of carboxylic acids is 1. The summed E-state index contributed by atoms with van der Waals surface area (Å²) in [5, 5.41) is 29.6. The van der Waals surface area contributed by atoms with Gasteiger partial charge in [0.25, 0.3) is 5.91 Å². The number of halogens is 1. The Morgan fingerprint density at radius 3 is 2.36 bits per heavy atom. The van der Waals surface area contributed by atoms with Gasteiger partial charge >= 0.3 is 13.1 Å². The number of carboxylic acid groups (broad SMARTS) is 1. The molecule has 0 spiro atoms. The van der Waals surface area contributed by atoms with Crippen LogP contribution in [0.15, 0.2) is 42.5 Å². The fraction of sp³-hybridized carbons (Fsp3) is 0. The van der Waals surface area contributed by atoms with Gasteiger partial charge in [-0.05, 0) is 35.8 Å². The van der Waals surface area contributed by atoms with Crippen molar-refractivity contribution in [1.29, 1.82) is 0 Å². The van der Waals surface area contributed by atoms with E-state index < -0.39 is 24.8 Å². The first-order valence-corrected chi connectivity index (χ1v) is 6.19. The molecule has 2 rings (SSSR count). The molecule has 0 fully saturated rings. The standard InChI is InChI=1S/C14H11BFNO5/c16-12-4-2-1-3-11(12)13(18)17-10-6-8(14(19)20)5-9(7-10)15(21)22/h1-7,21-22H,(H,17,18)(H,19,20). The van der Waals surface area contributed by atoms with Crippen LogP contribution in [0.3, 0.4) is 0 Å². The van der Waals surface area contributed by atoms with Crippen molar-refractivity contribution in [3.8, 4) is 0 Å². The molecule has 112 valence electrons. The molecule has 1 amide bonds. The summed E-state index contributed by atoms with van der Waals surface area (Å²) in [7, 11) is -1.90. The van der Waals surface area contributed by atoms with E-state index in [1.807, 2.05) is 0 Å². The molecular weight excluding hydrogens is 292 g/mol. The smallest absolute Gasteiger partial charge is 0.478 e. The van der Waals surface area contributed by atoms with Gasteiger partial charge in [-0.3, -0.25) is 4.79 Å². The summed E-state index contributed by atoms with van der Waals surface area (Å²) in [5.41, 5.74) is -0.552. The summed E-state index contributed by atoms with van der Waals surface area (Å²) in [5.74, 6) is -2.81. The summed E-state index contributed by atoms with van der Waals surface area (Å²) in [4.78, 5) is 23.0. The molecule has 0 unspecified atom stereocenters. The minimum atomic E-state index is -1.90. The highest BCUT2D eigenvalue weighted by Crippen LogP contribution is 2.13. The molecular formula is C14H11BFNO5. The highest BCUT2D eigenvalue weighted by molar-refractivity contribution is 6.58. The van der Waals surface area contributed by atoms with Gasteiger partial charge in [-0.2, -0.15) is 0 Å². The Hall–Kier alpha value is -2.71. The van der Waals surface area contributed by atoms with Crippen LogP contribution >= 0.6 is 0 Å². The van der Waals surface area contributed by atoms with Crippen LogP contribution in [0, 0.1) is 5.82 Å². The monoisotopic (exact) mass is 303 g/mol. The van der Waals surface area contributed by atoms with Crippen LogP contribution in [0.5, 0.6) is 0 Å². The highest BCUT2D eigenvalue weighted by atomic mass is 19.1. The Kier molecular flexibility index (Phi) is 4.54. The van der Waals surface area contributed by atoms with Crippen molar-refractivity contribution in [3.05, 3.63) is 59.4 Å². The van der Waals surface area contributed by atoms with Crippen molar-refractivity contribution >= 4 is 30.1 Å². The average molecular weight is 303 g/mol. The van der Waals surface area contributed by atoms with E-state index in [2.05, 4.69) is 5.32 Å². The second kappa shape index (κ2) is 6.38. The van der Waals surface area contributed by atoms with Crippen molar-refractivity contribution in [3.63, 3.8) is 0 Å². The van der Waals surface area contributed by atoms with Gasteiger partial charge in [0, 0.05) is 5.69 Å². The Morgan fingerprint density at radius 1 is 1.09 bits per heavy atom. The molecule has 2 aromatic rings. The number of benzene rings is 2. The van der Waals surface area contributed by atoms with Crippen molar-refractivity contribution in [2.75, 3.05) is 5.32 Å². The molecule has 0 bridgehead atoms. The summed E-state index contributed by atoms with van der Waals surface area (Å²) >= 11 is 0. The molecule has 0 heterocycles. The maximum atomic E-state index is 13.5. The molecule has 0 atom stereocenters. The Bertz CT molecular complexity index is 735. The first-order valence-electron chi connectivity index (χ1n) is 6.19. The molecule has 0 radical (unpaired) electrons. The van der Waals surface area contributed by atoms with Crippen LogP contribution in [-0.2, 0) is 0 Å². The fourth-order valence-electron chi connectivity index (χ4n) is 1.84. The number of carbonyl (C=O) groups is 2. The van der Waals surface area contributed by atoms with Crippen molar-refractivity contribution in [1.82, 2.24) is 0 Å². The van der Waals surface area contributed by atoms with Crippen LogP contribution in [0.1, 0.15) is 20.7 Å². The van der Waals surface area contributed by atoms with Gasteiger partial charge in [0.1, 0.15) is 5.82 Å². The third-order valence-corrected chi connectivity index (χ3v) is 2.88. The number of amides is 1. The number of nitrogens with one attached hydrogen (secondary N) is 1. The molecule has 0 aromatic heterocycles. The molecule has 2 aromatic carbocycles. The Balaban J connectivity index is 2.35. The molecule has 0 aliphatic carbocycles. The van der Waals surface area contributed by atoms with E-state index in [9.17, 15) is 14.0 Å². The zero-order chi connectivity index (χ0) is 16.3. The zero-order valence-corrected chi connectivity index (χ0v) is 11.2. The maximum Gasteiger partial charge on any atom is 0.488 e. The average Bonchev–Trinajstić information content (AvgIpc) is 2.47. The third kappa shape index (κ3) is 3.49. The quantitative estimate of drug-likeness (QED) is 0.614. The topological polar surface area (TPSA) is 107 Å². The Labute approximate surface area is 125 Å². The molecule has 6 nitrogen and oxygen atoms in total. The molecule has 0 saturated heterocycles. The first-order chi connectivity index (χ1) is 10.4.